The minimum atomic E-state index is 0.397. The van der Waals surface area contributed by atoms with Gasteiger partial charge in [-0.25, -0.2) is 4.98 Å². The molecular formula is C23H36N6O2. The number of hydrogen-bond acceptors (Lipinski definition) is 8. The fourth-order valence-electron chi connectivity index (χ4n) is 4.88. The molecule has 31 heavy (non-hydrogen) atoms. The Labute approximate surface area is 184 Å². The van der Waals surface area contributed by atoms with E-state index in [4.69, 9.17) is 20.2 Å². The first-order valence-corrected chi connectivity index (χ1v) is 11.6. The number of benzene rings is 1. The molecule has 0 bridgehead atoms. The van der Waals surface area contributed by atoms with Crippen LogP contribution in [0, 0.1) is 0 Å². The van der Waals surface area contributed by atoms with E-state index in [0.717, 1.165) is 48.7 Å². The Hall–Kier alpha value is -2.32. The van der Waals surface area contributed by atoms with Crippen LogP contribution >= 0.6 is 0 Å². The summed E-state index contributed by atoms with van der Waals surface area (Å²) >= 11 is 0. The number of rotatable bonds is 8. The van der Waals surface area contributed by atoms with Crippen molar-refractivity contribution < 1.29 is 9.47 Å². The molecule has 8 heteroatoms. The third-order valence-corrected chi connectivity index (χ3v) is 6.59. The van der Waals surface area contributed by atoms with Crippen molar-refractivity contribution in [2.75, 3.05) is 51.0 Å². The van der Waals surface area contributed by atoms with Crippen molar-refractivity contribution >= 4 is 22.7 Å². The van der Waals surface area contributed by atoms with Crippen molar-refractivity contribution in [3.05, 3.63) is 12.1 Å². The first-order valence-electron chi connectivity index (χ1n) is 11.6. The first kappa shape index (κ1) is 21.9. The molecule has 0 unspecified atom stereocenters. The highest BCUT2D eigenvalue weighted by molar-refractivity contribution is 5.92. The molecular weight excluding hydrogens is 392 g/mol. The van der Waals surface area contributed by atoms with E-state index in [1.54, 1.807) is 14.2 Å². The molecule has 1 aliphatic heterocycles. The zero-order chi connectivity index (χ0) is 21.6. The van der Waals surface area contributed by atoms with E-state index >= 15 is 0 Å². The second kappa shape index (κ2) is 10.3. The number of piperidine rings is 1. The van der Waals surface area contributed by atoms with Gasteiger partial charge in [-0.1, -0.05) is 19.3 Å². The summed E-state index contributed by atoms with van der Waals surface area (Å²) in [5.74, 6) is 2.75. The molecule has 1 aromatic carbocycles. The molecule has 1 aromatic heterocycles. The lowest BCUT2D eigenvalue weighted by Gasteiger charge is -2.39. The van der Waals surface area contributed by atoms with Gasteiger partial charge in [0.1, 0.15) is 5.82 Å². The van der Waals surface area contributed by atoms with E-state index in [1.807, 2.05) is 12.1 Å². The van der Waals surface area contributed by atoms with E-state index in [-0.39, 0.29) is 0 Å². The Kier molecular flexibility index (Phi) is 7.29. The zero-order valence-electron chi connectivity index (χ0n) is 18.8. The Morgan fingerprint density at radius 2 is 1.71 bits per heavy atom. The lowest BCUT2D eigenvalue weighted by Crippen LogP contribution is -2.45. The number of anilines is 2. The normalized spacial score (nSPS) is 18.8. The predicted octanol–water partition coefficient (Wildman–Crippen LogP) is 3.23. The maximum absolute atomic E-state index is 5.66. The number of fused-ring (bicyclic) bond motifs is 1. The highest BCUT2D eigenvalue weighted by atomic mass is 16.5. The van der Waals surface area contributed by atoms with Gasteiger partial charge >= 0.3 is 0 Å². The highest BCUT2D eigenvalue weighted by Crippen LogP contribution is 2.35. The molecule has 0 radical (unpaired) electrons. The van der Waals surface area contributed by atoms with Crippen molar-refractivity contribution in [3.8, 4) is 11.5 Å². The summed E-state index contributed by atoms with van der Waals surface area (Å²) < 4.78 is 11.0. The Morgan fingerprint density at radius 3 is 2.39 bits per heavy atom. The second-order valence-corrected chi connectivity index (χ2v) is 8.58. The first-order chi connectivity index (χ1) is 15.2. The van der Waals surface area contributed by atoms with Gasteiger partial charge in [-0.05, 0) is 31.7 Å². The Bertz CT molecular complexity index is 863. The number of likely N-dealkylation sites (tertiary alicyclic amines) is 1. The summed E-state index contributed by atoms with van der Waals surface area (Å²) in [5.41, 5.74) is 6.47. The summed E-state index contributed by atoms with van der Waals surface area (Å²) in [6.07, 6.45) is 9.17. The van der Waals surface area contributed by atoms with Gasteiger partial charge in [-0.2, -0.15) is 4.98 Å². The smallest absolute Gasteiger partial charge is 0.225 e. The van der Waals surface area contributed by atoms with Crippen LogP contribution in [-0.2, 0) is 0 Å². The molecule has 4 N–H and O–H groups in total. The van der Waals surface area contributed by atoms with Gasteiger partial charge in [0.25, 0.3) is 0 Å². The third-order valence-electron chi connectivity index (χ3n) is 6.59. The van der Waals surface area contributed by atoms with Gasteiger partial charge in [0, 0.05) is 49.7 Å². The van der Waals surface area contributed by atoms with Crippen molar-refractivity contribution in [2.24, 2.45) is 5.73 Å². The van der Waals surface area contributed by atoms with Crippen LogP contribution in [0.1, 0.15) is 44.9 Å². The average molecular weight is 429 g/mol. The molecule has 2 fully saturated rings. The Balaban J connectivity index is 1.53. The minimum Gasteiger partial charge on any atom is -0.493 e. The van der Waals surface area contributed by atoms with Gasteiger partial charge in [0.05, 0.1) is 19.7 Å². The van der Waals surface area contributed by atoms with Crippen LogP contribution in [0.3, 0.4) is 0 Å². The van der Waals surface area contributed by atoms with E-state index in [1.165, 1.54) is 32.1 Å². The maximum atomic E-state index is 5.66. The van der Waals surface area contributed by atoms with E-state index < -0.39 is 0 Å². The van der Waals surface area contributed by atoms with Crippen molar-refractivity contribution in [1.29, 1.82) is 0 Å². The van der Waals surface area contributed by atoms with Crippen LogP contribution < -0.4 is 25.8 Å². The largest absolute Gasteiger partial charge is 0.493 e. The van der Waals surface area contributed by atoms with Crippen LogP contribution in [-0.4, -0.2) is 67.4 Å². The molecule has 1 saturated carbocycles. The molecule has 0 spiro atoms. The van der Waals surface area contributed by atoms with Crippen LogP contribution in [0.5, 0.6) is 11.5 Å². The van der Waals surface area contributed by atoms with Gasteiger partial charge in [0.15, 0.2) is 11.5 Å². The molecule has 2 aromatic rings. The number of hydrogen-bond donors (Lipinski definition) is 3. The number of ether oxygens (including phenoxy) is 2. The minimum absolute atomic E-state index is 0.397. The molecule has 170 valence electrons. The van der Waals surface area contributed by atoms with Gasteiger partial charge < -0.3 is 30.7 Å². The fourth-order valence-corrected chi connectivity index (χ4v) is 4.88. The molecule has 2 heterocycles. The third kappa shape index (κ3) is 5.13. The number of nitrogens with one attached hydrogen (secondary N) is 2. The van der Waals surface area contributed by atoms with E-state index in [0.29, 0.717) is 36.6 Å². The van der Waals surface area contributed by atoms with Gasteiger partial charge in [-0.3, -0.25) is 0 Å². The zero-order valence-corrected chi connectivity index (χ0v) is 18.8. The second-order valence-electron chi connectivity index (χ2n) is 8.58. The molecule has 2 aliphatic rings. The molecule has 4 rings (SSSR count). The van der Waals surface area contributed by atoms with Crippen LogP contribution in [0.4, 0.5) is 11.8 Å². The highest BCUT2D eigenvalue weighted by Gasteiger charge is 2.27. The van der Waals surface area contributed by atoms with E-state index in [2.05, 4.69) is 20.5 Å². The summed E-state index contributed by atoms with van der Waals surface area (Å²) in [6, 6.07) is 5.05. The van der Waals surface area contributed by atoms with Gasteiger partial charge in [-0.15, -0.1) is 0 Å². The monoisotopic (exact) mass is 428 g/mol. The number of methoxy groups -OCH3 is 2. The van der Waals surface area contributed by atoms with Crippen molar-refractivity contribution in [1.82, 2.24) is 14.9 Å². The fraction of sp³-hybridized carbons (Fsp3) is 0.652. The molecule has 8 nitrogen and oxygen atoms in total. The summed E-state index contributed by atoms with van der Waals surface area (Å²) in [5, 5.41) is 7.86. The topological polar surface area (TPSA) is 97.6 Å². The maximum Gasteiger partial charge on any atom is 0.225 e. The van der Waals surface area contributed by atoms with E-state index in [9.17, 15) is 0 Å². The SMILES string of the molecule is COc1cc2nc(NCCN)nc(NC3CCN(C4CCCCC4)CC3)c2cc1OC. The molecule has 1 saturated heterocycles. The molecule has 0 amide bonds. The van der Waals surface area contributed by atoms with Crippen molar-refractivity contribution in [2.45, 2.75) is 57.0 Å². The molecule has 1 aliphatic carbocycles. The van der Waals surface area contributed by atoms with Crippen LogP contribution in [0.15, 0.2) is 12.1 Å². The Morgan fingerprint density at radius 1 is 1.00 bits per heavy atom. The predicted molar refractivity (Wildman–Crippen MR) is 125 cm³/mol. The number of aromatic nitrogens is 2. The van der Waals surface area contributed by atoms with Gasteiger partial charge in [0.2, 0.25) is 5.95 Å². The standard InChI is InChI=1S/C23H36N6O2/c1-30-20-14-18-19(15-21(20)31-2)27-23(25-11-10-24)28-22(18)26-16-8-12-29(13-9-16)17-6-4-3-5-7-17/h14-17H,3-13,24H2,1-2H3,(H2,25,26,27,28). The summed E-state index contributed by atoms with van der Waals surface area (Å²) in [6.45, 7) is 3.45. The number of nitrogens with two attached hydrogens (primary N) is 1. The quantitative estimate of drug-likeness (QED) is 0.590. The molecule has 0 atom stereocenters. The lowest BCUT2D eigenvalue weighted by atomic mass is 9.92. The van der Waals surface area contributed by atoms with Crippen LogP contribution in [0.2, 0.25) is 0 Å². The van der Waals surface area contributed by atoms with Crippen molar-refractivity contribution in [3.63, 3.8) is 0 Å². The van der Waals surface area contributed by atoms with Crippen LogP contribution in [0.25, 0.3) is 10.9 Å². The summed E-state index contributed by atoms with van der Waals surface area (Å²) in [4.78, 5) is 12.1. The number of nitrogens with zero attached hydrogens (tertiary/aromatic N) is 3. The summed E-state index contributed by atoms with van der Waals surface area (Å²) in [7, 11) is 3.29. The average Bonchev–Trinajstić information content (AvgIpc) is 2.83. The lowest BCUT2D eigenvalue weighted by molar-refractivity contribution is 0.126.